The van der Waals surface area contributed by atoms with Gasteiger partial charge in [-0.2, -0.15) is 5.26 Å². The van der Waals surface area contributed by atoms with E-state index in [1.54, 1.807) is 6.20 Å². The summed E-state index contributed by atoms with van der Waals surface area (Å²) in [5.74, 6) is 0. The Morgan fingerprint density at radius 2 is 2.25 bits per heavy atom. The molecule has 4 heterocycles. The van der Waals surface area contributed by atoms with E-state index >= 15 is 0 Å². The lowest BCUT2D eigenvalue weighted by Gasteiger charge is -2.33. The molecule has 2 aliphatic heterocycles. The summed E-state index contributed by atoms with van der Waals surface area (Å²) in [4.78, 5) is 14.6. The normalized spacial score (nSPS) is 22.2. The molecule has 6 nitrogen and oxygen atoms in total. The first-order valence-electron chi connectivity index (χ1n) is 8.58. The fraction of sp³-hybridized carbons (Fsp3) is 0.500. The van der Waals surface area contributed by atoms with Gasteiger partial charge in [-0.3, -0.25) is 4.99 Å². The SMILES string of the molecule is CCN1CCC(OC2C(C#N)=NCc3[nH]c4ncccc4c32)CC1. The predicted molar refractivity (Wildman–Crippen MR) is 91.8 cm³/mol. The van der Waals surface area contributed by atoms with Gasteiger partial charge in [0.05, 0.1) is 12.6 Å². The van der Waals surface area contributed by atoms with Crippen LogP contribution in [0.15, 0.2) is 23.3 Å². The van der Waals surface area contributed by atoms with Crippen molar-refractivity contribution in [3.63, 3.8) is 0 Å². The van der Waals surface area contributed by atoms with E-state index in [-0.39, 0.29) is 12.2 Å². The quantitative estimate of drug-likeness (QED) is 0.942. The molecule has 0 bridgehead atoms. The van der Waals surface area contributed by atoms with Crippen LogP contribution in [0.1, 0.15) is 37.1 Å². The molecule has 0 saturated carbocycles. The van der Waals surface area contributed by atoms with E-state index in [0.29, 0.717) is 12.3 Å². The van der Waals surface area contributed by atoms with Crippen molar-refractivity contribution in [2.75, 3.05) is 19.6 Å². The average molecular weight is 323 g/mol. The van der Waals surface area contributed by atoms with Gasteiger partial charge in [-0.25, -0.2) is 4.98 Å². The van der Waals surface area contributed by atoms with Gasteiger partial charge in [-0.05, 0) is 31.5 Å². The van der Waals surface area contributed by atoms with Crippen LogP contribution in [0.5, 0.6) is 0 Å². The van der Waals surface area contributed by atoms with Crippen LogP contribution < -0.4 is 0 Å². The minimum Gasteiger partial charge on any atom is -0.363 e. The molecule has 4 rings (SSSR count). The van der Waals surface area contributed by atoms with Crippen molar-refractivity contribution >= 4 is 16.7 Å². The highest BCUT2D eigenvalue weighted by Gasteiger charge is 2.32. The van der Waals surface area contributed by atoms with Crippen LogP contribution in [0, 0.1) is 11.3 Å². The highest BCUT2D eigenvalue weighted by molar-refractivity contribution is 6.05. The summed E-state index contributed by atoms with van der Waals surface area (Å²) in [6.45, 7) is 5.86. The van der Waals surface area contributed by atoms with Gasteiger partial charge >= 0.3 is 0 Å². The Morgan fingerprint density at radius 3 is 3.00 bits per heavy atom. The maximum atomic E-state index is 9.51. The number of ether oxygens (including phenoxy) is 1. The molecular weight excluding hydrogens is 302 g/mol. The number of H-pyrrole nitrogens is 1. The van der Waals surface area contributed by atoms with Crippen LogP contribution in [-0.2, 0) is 11.3 Å². The number of aromatic nitrogens is 2. The molecule has 2 aromatic rings. The molecule has 1 unspecified atom stereocenters. The molecule has 124 valence electrons. The molecule has 24 heavy (non-hydrogen) atoms. The molecule has 1 fully saturated rings. The fourth-order valence-corrected chi connectivity index (χ4v) is 3.68. The van der Waals surface area contributed by atoms with E-state index < -0.39 is 0 Å². The number of hydrogen-bond donors (Lipinski definition) is 1. The van der Waals surface area contributed by atoms with Crippen LogP contribution in [0.25, 0.3) is 11.0 Å². The lowest BCUT2D eigenvalue weighted by Crippen LogP contribution is -2.38. The number of hydrogen-bond acceptors (Lipinski definition) is 5. The molecule has 1 atom stereocenters. The molecule has 2 aliphatic rings. The molecule has 1 saturated heterocycles. The first-order chi connectivity index (χ1) is 11.8. The third kappa shape index (κ3) is 2.60. The van der Waals surface area contributed by atoms with Gasteiger partial charge in [0.2, 0.25) is 0 Å². The Labute approximate surface area is 141 Å². The zero-order chi connectivity index (χ0) is 16.5. The van der Waals surface area contributed by atoms with E-state index in [4.69, 9.17) is 4.74 Å². The summed E-state index contributed by atoms with van der Waals surface area (Å²) in [7, 11) is 0. The van der Waals surface area contributed by atoms with Gasteiger partial charge in [-0.1, -0.05) is 6.92 Å². The second-order valence-corrected chi connectivity index (χ2v) is 6.38. The largest absolute Gasteiger partial charge is 0.363 e. The Hall–Kier alpha value is -2.23. The van der Waals surface area contributed by atoms with Crippen LogP contribution in [-0.4, -0.2) is 46.3 Å². The summed E-state index contributed by atoms with van der Waals surface area (Å²) in [5, 5.41) is 10.5. The molecule has 2 aromatic heterocycles. The lowest BCUT2D eigenvalue weighted by molar-refractivity contribution is -0.0151. The number of piperidine rings is 1. The van der Waals surface area contributed by atoms with Crippen LogP contribution in [0.4, 0.5) is 0 Å². The number of fused-ring (bicyclic) bond motifs is 3. The maximum absolute atomic E-state index is 9.51. The second kappa shape index (κ2) is 6.34. The monoisotopic (exact) mass is 323 g/mol. The van der Waals surface area contributed by atoms with Crippen LogP contribution in [0.3, 0.4) is 0 Å². The highest BCUT2D eigenvalue weighted by Crippen LogP contribution is 2.35. The standard InChI is InChI=1S/C18H21N5O/c1-2-23-8-5-12(6-9-23)24-17-14(10-19)21-11-15-16(17)13-4-3-7-20-18(13)22-15/h3-4,7,12,17H,2,5-6,8-9,11H2,1H3,(H,20,22). The second-order valence-electron chi connectivity index (χ2n) is 6.38. The molecule has 0 amide bonds. The molecule has 1 N–H and O–H groups in total. The van der Waals surface area contributed by atoms with Crippen molar-refractivity contribution in [1.29, 1.82) is 5.26 Å². The smallest absolute Gasteiger partial charge is 0.146 e. The number of pyridine rings is 1. The summed E-state index contributed by atoms with van der Waals surface area (Å²) in [6, 6.07) is 6.20. The van der Waals surface area contributed by atoms with Crippen LogP contribution in [0.2, 0.25) is 0 Å². The van der Waals surface area contributed by atoms with Crippen molar-refractivity contribution in [3.8, 4) is 6.07 Å². The van der Waals surface area contributed by atoms with E-state index in [9.17, 15) is 5.26 Å². The number of nitrogens with one attached hydrogen (secondary N) is 1. The third-order valence-electron chi connectivity index (χ3n) is 5.04. The van der Waals surface area contributed by atoms with E-state index in [2.05, 4.69) is 32.9 Å². The number of nitriles is 1. The van der Waals surface area contributed by atoms with Crippen molar-refractivity contribution < 1.29 is 4.74 Å². The number of nitrogens with zero attached hydrogens (tertiary/aromatic N) is 4. The number of aliphatic imine (C=N–C) groups is 1. The summed E-state index contributed by atoms with van der Waals surface area (Å²) < 4.78 is 6.39. The van der Waals surface area contributed by atoms with Gasteiger partial charge in [0.25, 0.3) is 0 Å². The predicted octanol–water partition coefficient (Wildman–Crippen LogP) is 2.58. The zero-order valence-electron chi connectivity index (χ0n) is 13.8. The number of aromatic amines is 1. The lowest BCUT2D eigenvalue weighted by atomic mass is 9.98. The Morgan fingerprint density at radius 1 is 1.42 bits per heavy atom. The van der Waals surface area contributed by atoms with Crippen molar-refractivity contribution in [2.24, 2.45) is 4.99 Å². The van der Waals surface area contributed by atoms with Crippen molar-refractivity contribution in [3.05, 3.63) is 29.6 Å². The zero-order valence-corrected chi connectivity index (χ0v) is 13.8. The van der Waals surface area contributed by atoms with Gasteiger partial charge in [0, 0.05) is 35.9 Å². The third-order valence-corrected chi connectivity index (χ3v) is 5.04. The number of rotatable bonds is 3. The maximum Gasteiger partial charge on any atom is 0.146 e. The van der Waals surface area contributed by atoms with Crippen LogP contribution >= 0.6 is 0 Å². The molecule has 6 heteroatoms. The average Bonchev–Trinajstić information content (AvgIpc) is 3.01. The Bertz CT molecular complexity index is 810. The Kier molecular flexibility index (Phi) is 4.05. The Balaban J connectivity index is 1.64. The number of likely N-dealkylation sites (tertiary alicyclic amines) is 1. The first kappa shape index (κ1) is 15.3. The van der Waals surface area contributed by atoms with E-state index in [1.165, 1.54) is 0 Å². The summed E-state index contributed by atoms with van der Waals surface area (Å²) in [5.41, 5.74) is 3.37. The van der Waals surface area contributed by atoms with Crippen molar-refractivity contribution in [2.45, 2.75) is 38.5 Å². The minimum absolute atomic E-state index is 0.170. The van der Waals surface area contributed by atoms with Gasteiger partial charge < -0.3 is 14.6 Å². The molecule has 0 aromatic carbocycles. The fourth-order valence-electron chi connectivity index (χ4n) is 3.68. The van der Waals surface area contributed by atoms with Gasteiger partial charge in [-0.15, -0.1) is 0 Å². The summed E-state index contributed by atoms with van der Waals surface area (Å²) in [6.07, 6.45) is 3.56. The molecule has 0 aliphatic carbocycles. The minimum atomic E-state index is -0.380. The van der Waals surface area contributed by atoms with Gasteiger partial charge in [0.15, 0.2) is 0 Å². The molecule has 0 radical (unpaired) electrons. The van der Waals surface area contributed by atoms with E-state index in [1.807, 2.05) is 12.1 Å². The van der Waals surface area contributed by atoms with Crippen molar-refractivity contribution in [1.82, 2.24) is 14.9 Å². The van der Waals surface area contributed by atoms with E-state index in [0.717, 1.165) is 54.8 Å². The molecule has 0 spiro atoms. The highest BCUT2D eigenvalue weighted by atomic mass is 16.5. The summed E-state index contributed by atoms with van der Waals surface area (Å²) >= 11 is 0. The first-order valence-corrected chi connectivity index (χ1v) is 8.58. The van der Waals surface area contributed by atoms with Gasteiger partial charge in [0.1, 0.15) is 23.5 Å². The molecular formula is C18H21N5O. The topological polar surface area (TPSA) is 77.3 Å².